The van der Waals surface area contributed by atoms with Gasteiger partial charge in [0.15, 0.2) is 0 Å². The van der Waals surface area contributed by atoms with E-state index < -0.39 is 10.0 Å². The van der Waals surface area contributed by atoms with Crippen LogP contribution in [0.25, 0.3) is 0 Å². The van der Waals surface area contributed by atoms with Crippen molar-refractivity contribution in [1.29, 1.82) is 0 Å². The van der Waals surface area contributed by atoms with Crippen molar-refractivity contribution in [1.82, 2.24) is 4.90 Å². The van der Waals surface area contributed by atoms with Crippen molar-refractivity contribution in [2.45, 2.75) is 51.9 Å². The minimum atomic E-state index is -3.83. The molecule has 0 saturated carbocycles. The van der Waals surface area contributed by atoms with Gasteiger partial charge in [0.25, 0.3) is 15.9 Å². The third kappa shape index (κ3) is 6.16. The molecule has 0 atom stereocenters. The van der Waals surface area contributed by atoms with E-state index in [1.54, 1.807) is 24.3 Å². The van der Waals surface area contributed by atoms with Crippen LogP contribution in [0.15, 0.2) is 65.6 Å². The summed E-state index contributed by atoms with van der Waals surface area (Å²) in [5, 5.41) is 0. The number of hydrogen-bond acceptors (Lipinski definition) is 4. The predicted molar refractivity (Wildman–Crippen MR) is 151 cm³/mol. The van der Waals surface area contributed by atoms with Crippen molar-refractivity contribution in [2.75, 3.05) is 35.8 Å². The van der Waals surface area contributed by atoms with Crippen LogP contribution >= 0.6 is 0 Å². The maximum absolute atomic E-state index is 13.5. The van der Waals surface area contributed by atoms with Crippen LogP contribution in [0.1, 0.15) is 52.4 Å². The second-order valence-corrected chi connectivity index (χ2v) is 11.6. The Morgan fingerprint density at radius 3 is 2.14 bits per heavy atom. The van der Waals surface area contributed by atoms with Gasteiger partial charge in [-0.15, -0.1) is 0 Å². The van der Waals surface area contributed by atoms with E-state index in [1.807, 2.05) is 24.0 Å². The van der Waals surface area contributed by atoms with Crippen molar-refractivity contribution >= 4 is 27.3 Å². The molecule has 1 amide bonds. The van der Waals surface area contributed by atoms with Gasteiger partial charge in [-0.05, 0) is 80.1 Å². The van der Waals surface area contributed by atoms with Gasteiger partial charge in [0.05, 0.1) is 4.90 Å². The Hall–Kier alpha value is -3.32. The van der Waals surface area contributed by atoms with Crippen molar-refractivity contribution in [3.05, 3.63) is 88.5 Å². The zero-order chi connectivity index (χ0) is 26.6. The lowest BCUT2D eigenvalue weighted by molar-refractivity contribution is 0.0745. The molecule has 1 aliphatic heterocycles. The van der Waals surface area contributed by atoms with Gasteiger partial charge in [0.2, 0.25) is 0 Å². The number of aryl methyl sites for hydroxylation is 4. The number of sulfonamides is 1. The summed E-state index contributed by atoms with van der Waals surface area (Å²) in [5.74, 6) is -0.129. The Bertz CT molecular complexity index is 1340. The summed E-state index contributed by atoms with van der Waals surface area (Å²) in [4.78, 5) is 17.7. The summed E-state index contributed by atoms with van der Waals surface area (Å²) in [5.41, 5.74) is 6.60. The van der Waals surface area contributed by atoms with E-state index in [0.717, 1.165) is 37.9 Å². The fourth-order valence-corrected chi connectivity index (χ4v) is 6.03. The van der Waals surface area contributed by atoms with Crippen molar-refractivity contribution in [3.63, 3.8) is 0 Å². The first-order valence-electron chi connectivity index (χ1n) is 13.0. The lowest BCUT2D eigenvalue weighted by Crippen LogP contribution is -2.49. The fourth-order valence-electron chi connectivity index (χ4n) is 4.94. The molecule has 0 aromatic heterocycles. The first-order chi connectivity index (χ1) is 17.7. The molecular weight excluding hydrogens is 482 g/mol. The zero-order valence-electron chi connectivity index (χ0n) is 22.3. The van der Waals surface area contributed by atoms with Gasteiger partial charge >= 0.3 is 0 Å². The smallest absolute Gasteiger partial charge is 0.261 e. The molecule has 0 bridgehead atoms. The number of anilines is 2. The molecule has 3 aromatic rings. The number of carbonyl (C=O) groups excluding carboxylic acids is 1. The molecule has 1 N–H and O–H groups in total. The van der Waals surface area contributed by atoms with Crippen LogP contribution < -0.4 is 9.62 Å². The van der Waals surface area contributed by atoms with Gasteiger partial charge in [0.1, 0.15) is 0 Å². The molecule has 4 rings (SSSR count). The first kappa shape index (κ1) is 26.7. The molecule has 0 unspecified atom stereocenters. The van der Waals surface area contributed by atoms with E-state index >= 15 is 0 Å². The maximum Gasteiger partial charge on any atom is 0.261 e. The van der Waals surface area contributed by atoms with E-state index in [4.69, 9.17) is 0 Å². The summed E-state index contributed by atoms with van der Waals surface area (Å²) in [6, 6.07) is 18.6. The maximum atomic E-state index is 13.5. The molecule has 1 fully saturated rings. The minimum Gasteiger partial charge on any atom is -0.368 e. The molecule has 0 aliphatic carbocycles. The van der Waals surface area contributed by atoms with Gasteiger partial charge in [-0.1, -0.05) is 49.7 Å². The van der Waals surface area contributed by atoms with E-state index in [2.05, 4.69) is 48.6 Å². The average molecular weight is 520 g/mol. The lowest BCUT2D eigenvalue weighted by Gasteiger charge is -2.37. The molecule has 37 heavy (non-hydrogen) atoms. The van der Waals surface area contributed by atoms with Gasteiger partial charge in [-0.25, -0.2) is 8.42 Å². The third-order valence-corrected chi connectivity index (χ3v) is 8.48. The summed E-state index contributed by atoms with van der Waals surface area (Å²) in [7, 11) is -3.83. The van der Waals surface area contributed by atoms with Crippen LogP contribution in [0.4, 0.5) is 11.4 Å². The number of hydrogen-bond donors (Lipinski definition) is 1. The highest BCUT2D eigenvalue weighted by Crippen LogP contribution is 2.27. The number of para-hydroxylation sites is 1. The highest BCUT2D eigenvalue weighted by Gasteiger charge is 2.26. The molecule has 6 nitrogen and oxygen atoms in total. The molecule has 3 aromatic carbocycles. The number of unbranched alkanes of at least 4 members (excludes halogenated alkanes) is 1. The number of nitrogens with one attached hydrogen (secondary N) is 1. The average Bonchev–Trinajstić information content (AvgIpc) is 2.88. The summed E-state index contributed by atoms with van der Waals surface area (Å²) in [6.45, 7) is 10.9. The second-order valence-electron chi connectivity index (χ2n) is 9.90. The molecule has 0 spiro atoms. The summed E-state index contributed by atoms with van der Waals surface area (Å²) < 4.78 is 28.9. The Labute approximate surface area is 221 Å². The molecule has 196 valence electrons. The van der Waals surface area contributed by atoms with Crippen LogP contribution in [0, 0.1) is 20.8 Å². The van der Waals surface area contributed by atoms with Crippen molar-refractivity contribution in [3.8, 4) is 0 Å². The second kappa shape index (κ2) is 11.4. The number of carbonyl (C=O) groups is 1. The zero-order valence-corrected chi connectivity index (χ0v) is 23.1. The number of amides is 1. The number of piperazine rings is 1. The SMILES string of the molecule is CCCCc1ccc(NS(=O)(=O)c2ccc(C)c(C(=O)N3CCN(c4c(C)cccc4C)CC3)c2)cc1. The summed E-state index contributed by atoms with van der Waals surface area (Å²) in [6.07, 6.45) is 3.20. The van der Waals surface area contributed by atoms with Crippen LogP contribution in [0.3, 0.4) is 0 Å². The quantitative estimate of drug-likeness (QED) is 0.413. The molecule has 0 radical (unpaired) electrons. The fraction of sp³-hybridized carbons (Fsp3) is 0.367. The van der Waals surface area contributed by atoms with Crippen LogP contribution in [-0.4, -0.2) is 45.4 Å². The first-order valence-corrected chi connectivity index (χ1v) is 14.5. The molecular formula is C30H37N3O3S. The predicted octanol–water partition coefficient (Wildman–Crippen LogP) is 5.72. The van der Waals surface area contributed by atoms with Gasteiger partial charge in [-0.2, -0.15) is 0 Å². The monoisotopic (exact) mass is 519 g/mol. The minimum absolute atomic E-state index is 0.0886. The largest absolute Gasteiger partial charge is 0.368 e. The number of benzene rings is 3. The standard InChI is InChI=1S/C30H37N3O3S/c1-5-6-10-25-12-14-26(15-13-25)31-37(35,36)27-16-11-22(2)28(21-27)30(34)33-19-17-32(18-20-33)29-23(3)8-7-9-24(29)4/h7-9,11-16,21,31H,5-6,10,17-20H2,1-4H3. The highest BCUT2D eigenvalue weighted by atomic mass is 32.2. The van der Waals surface area contributed by atoms with Gasteiger partial charge < -0.3 is 9.80 Å². The lowest BCUT2D eigenvalue weighted by atomic mass is 10.1. The van der Waals surface area contributed by atoms with Crippen molar-refractivity contribution in [2.24, 2.45) is 0 Å². The number of nitrogens with zero attached hydrogens (tertiary/aromatic N) is 2. The van der Waals surface area contributed by atoms with E-state index in [1.165, 1.54) is 28.4 Å². The number of rotatable bonds is 8. The molecule has 1 heterocycles. The normalized spacial score (nSPS) is 14.1. The Morgan fingerprint density at radius 2 is 1.51 bits per heavy atom. The van der Waals surface area contributed by atoms with E-state index in [0.29, 0.717) is 24.3 Å². The van der Waals surface area contributed by atoms with E-state index in [9.17, 15) is 13.2 Å². The molecule has 1 saturated heterocycles. The third-order valence-electron chi connectivity index (χ3n) is 7.10. The van der Waals surface area contributed by atoms with Crippen LogP contribution in [0.2, 0.25) is 0 Å². The Kier molecular flexibility index (Phi) is 8.22. The van der Waals surface area contributed by atoms with Crippen LogP contribution in [-0.2, 0) is 16.4 Å². The Morgan fingerprint density at radius 1 is 0.865 bits per heavy atom. The Balaban J connectivity index is 1.46. The van der Waals surface area contributed by atoms with Crippen LogP contribution in [0.5, 0.6) is 0 Å². The van der Waals surface area contributed by atoms with Gasteiger partial charge in [-0.3, -0.25) is 9.52 Å². The van der Waals surface area contributed by atoms with E-state index in [-0.39, 0.29) is 10.8 Å². The highest BCUT2D eigenvalue weighted by molar-refractivity contribution is 7.92. The molecule has 1 aliphatic rings. The molecule has 7 heteroatoms. The van der Waals surface area contributed by atoms with Gasteiger partial charge in [0, 0.05) is 43.1 Å². The topological polar surface area (TPSA) is 69.7 Å². The summed E-state index contributed by atoms with van der Waals surface area (Å²) >= 11 is 0. The van der Waals surface area contributed by atoms with Crippen molar-refractivity contribution < 1.29 is 13.2 Å².